The molecular formula is C20H25N3O2. The van der Waals surface area contributed by atoms with Crippen LogP contribution in [-0.4, -0.2) is 43.0 Å². The van der Waals surface area contributed by atoms with Crippen LogP contribution in [0.1, 0.15) is 34.3 Å². The molecule has 0 spiro atoms. The largest absolute Gasteiger partial charge is 0.476 e. The van der Waals surface area contributed by atoms with Crippen molar-refractivity contribution >= 4 is 11.6 Å². The zero-order chi connectivity index (χ0) is 17.6. The molecule has 1 N–H and O–H groups in total. The minimum absolute atomic E-state index is 0.0656. The molecule has 0 radical (unpaired) electrons. The number of pyridine rings is 1. The van der Waals surface area contributed by atoms with Gasteiger partial charge in [-0.2, -0.15) is 0 Å². The Labute approximate surface area is 149 Å². The smallest absolute Gasteiger partial charge is 0.255 e. The topological polar surface area (TPSA) is 54.5 Å². The SMILES string of the molecule is CN(C)CCOc1cc(NC(=O)c2cccc3c2CCCC3)ccn1. The van der Waals surface area contributed by atoms with Gasteiger partial charge in [-0.05, 0) is 63.0 Å². The molecule has 132 valence electrons. The van der Waals surface area contributed by atoms with Gasteiger partial charge in [-0.25, -0.2) is 4.98 Å². The maximum absolute atomic E-state index is 12.7. The lowest BCUT2D eigenvalue weighted by Gasteiger charge is -2.19. The number of carbonyl (C=O) groups excluding carboxylic acids is 1. The third kappa shape index (κ3) is 4.57. The van der Waals surface area contributed by atoms with Crippen LogP contribution in [0, 0.1) is 0 Å². The standard InChI is InChI=1S/C20H25N3O2/c1-23(2)12-13-25-19-14-16(10-11-21-19)22-20(24)18-9-5-7-15-6-3-4-8-17(15)18/h5,7,9-11,14H,3-4,6,8,12-13H2,1-2H3,(H,21,22,24). The molecule has 0 aliphatic heterocycles. The van der Waals surface area contributed by atoms with Crippen molar-refractivity contribution in [2.45, 2.75) is 25.7 Å². The number of nitrogens with zero attached hydrogens (tertiary/aromatic N) is 2. The summed E-state index contributed by atoms with van der Waals surface area (Å²) in [7, 11) is 3.99. The average molecular weight is 339 g/mol. The fourth-order valence-corrected chi connectivity index (χ4v) is 3.09. The fourth-order valence-electron chi connectivity index (χ4n) is 3.09. The molecule has 5 nitrogen and oxygen atoms in total. The highest BCUT2D eigenvalue weighted by molar-refractivity contribution is 6.05. The third-order valence-electron chi connectivity index (χ3n) is 4.42. The zero-order valence-electron chi connectivity index (χ0n) is 14.9. The Hall–Kier alpha value is -2.40. The monoisotopic (exact) mass is 339 g/mol. The second-order valence-corrected chi connectivity index (χ2v) is 6.64. The van der Waals surface area contributed by atoms with E-state index in [0.29, 0.717) is 18.2 Å². The Morgan fingerprint density at radius 2 is 2.08 bits per heavy atom. The normalized spacial score (nSPS) is 13.4. The van der Waals surface area contributed by atoms with Gasteiger partial charge in [0.2, 0.25) is 5.88 Å². The molecule has 0 atom stereocenters. The van der Waals surface area contributed by atoms with Crippen LogP contribution < -0.4 is 10.1 Å². The van der Waals surface area contributed by atoms with Crippen LogP contribution in [0.4, 0.5) is 5.69 Å². The van der Waals surface area contributed by atoms with Crippen molar-refractivity contribution in [2.24, 2.45) is 0 Å². The van der Waals surface area contributed by atoms with E-state index >= 15 is 0 Å². The molecule has 0 saturated carbocycles. The molecule has 0 bridgehead atoms. The van der Waals surface area contributed by atoms with Crippen LogP contribution in [0.5, 0.6) is 5.88 Å². The Balaban J connectivity index is 1.69. The molecule has 1 heterocycles. The Morgan fingerprint density at radius 1 is 1.24 bits per heavy atom. The number of rotatable bonds is 6. The van der Waals surface area contributed by atoms with Crippen molar-refractivity contribution < 1.29 is 9.53 Å². The third-order valence-corrected chi connectivity index (χ3v) is 4.42. The van der Waals surface area contributed by atoms with Crippen molar-refractivity contribution in [3.63, 3.8) is 0 Å². The van der Waals surface area contributed by atoms with Gasteiger partial charge in [0.15, 0.2) is 0 Å². The van der Waals surface area contributed by atoms with Crippen molar-refractivity contribution in [1.29, 1.82) is 0 Å². The van der Waals surface area contributed by atoms with Crippen LogP contribution in [-0.2, 0) is 12.8 Å². The van der Waals surface area contributed by atoms with E-state index in [-0.39, 0.29) is 5.91 Å². The summed E-state index contributed by atoms with van der Waals surface area (Å²) in [5, 5.41) is 2.98. The number of fused-ring (bicyclic) bond motifs is 1. The average Bonchev–Trinajstić information content (AvgIpc) is 2.61. The van der Waals surface area contributed by atoms with Gasteiger partial charge in [0.05, 0.1) is 0 Å². The number of amides is 1. The van der Waals surface area contributed by atoms with Crippen molar-refractivity contribution in [2.75, 3.05) is 32.6 Å². The molecular weight excluding hydrogens is 314 g/mol. The van der Waals surface area contributed by atoms with Gasteiger partial charge in [0, 0.05) is 30.1 Å². The Morgan fingerprint density at radius 3 is 2.92 bits per heavy atom. The lowest BCUT2D eigenvalue weighted by Crippen LogP contribution is -2.20. The lowest BCUT2D eigenvalue weighted by atomic mass is 9.88. The van der Waals surface area contributed by atoms with Gasteiger partial charge in [-0.3, -0.25) is 4.79 Å². The van der Waals surface area contributed by atoms with Crippen LogP contribution in [0.25, 0.3) is 0 Å². The van der Waals surface area contributed by atoms with E-state index in [2.05, 4.69) is 16.4 Å². The molecule has 1 aliphatic carbocycles. The Bertz CT molecular complexity index is 743. The number of hydrogen-bond acceptors (Lipinski definition) is 4. The summed E-state index contributed by atoms with van der Waals surface area (Å²) in [4.78, 5) is 19.0. The number of aromatic nitrogens is 1. The van der Waals surface area contributed by atoms with Crippen LogP contribution in [0.2, 0.25) is 0 Å². The highest BCUT2D eigenvalue weighted by Gasteiger charge is 2.17. The molecule has 1 aliphatic rings. The number of hydrogen-bond donors (Lipinski definition) is 1. The molecule has 3 rings (SSSR count). The maximum Gasteiger partial charge on any atom is 0.255 e. The van der Waals surface area contributed by atoms with E-state index in [0.717, 1.165) is 31.4 Å². The van der Waals surface area contributed by atoms with E-state index in [1.807, 2.05) is 31.1 Å². The molecule has 5 heteroatoms. The number of anilines is 1. The molecule has 0 fully saturated rings. The minimum atomic E-state index is -0.0656. The fraction of sp³-hybridized carbons (Fsp3) is 0.400. The van der Waals surface area contributed by atoms with E-state index in [1.165, 1.54) is 17.5 Å². The second kappa shape index (κ2) is 8.12. The Kier molecular flexibility index (Phi) is 5.66. The van der Waals surface area contributed by atoms with Crippen molar-refractivity contribution in [1.82, 2.24) is 9.88 Å². The number of likely N-dealkylation sites (N-methyl/N-ethyl adjacent to an activating group) is 1. The molecule has 0 unspecified atom stereocenters. The number of nitrogens with one attached hydrogen (secondary N) is 1. The maximum atomic E-state index is 12.7. The second-order valence-electron chi connectivity index (χ2n) is 6.64. The summed E-state index contributed by atoms with van der Waals surface area (Å²) in [5.74, 6) is 0.457. The van der Waals surface area contributed by atoms with Crippen molar-refractivity contribution in [3.8, 4) is 5.88 Å². The predicted molar refractivity (Wildman–Crippen MR) is 99.3 cm³/mol. The van der Waals surface area contributed by atoms with Crippen molar-refractivity contribution in [3.05, 3.63) is 53.2 Å². The molecule has 25 heavy (non-hydrogen) atoms. The highest BCUT2D eigenvalue weighted by Crippen LogP contribution is 2.25. The molecule has 0 saturated heterocycles. The first-order valence-electron chi connectivity index (χ1n) is 8.79. The summed E-state index contributed by atoms with van der Waals surface area (Å²) in [5.41, 5.74) is 3.99. The molecule has 1 aromatic carbocycles. The van der Waals surface area contributed by atoms with Gasteiger partial charge in [0.25, 0.3) is 5.91 Å². The van der Waals surface area contributed by atoms with E-state index in [4.69, 9.17) is 4.74 Å². The number of carbonyl (C=O) groups is 1. The van der Waals surface area contributed by atoms with Crippen LogP contribution >= 0.6 is 0 Å². The first-order chi connectivity index (χ1) is 12.1. The number of benzene rings is 1. The first kappa shape index (κ1) is 17.4. The molecule has 1 amide bonds. The highest BCUT2D eigenvalue weighted by atomic mass is 16.5. The van der Waals surface area contributed by atoms with E-state index < -0.39 is 0 Å². The van der Waals surface area contributed by atoms with E-state index in [9.17, 15) is 4.79 Å². The number of aryl methyl sites for hydroxylation is 1. The van der Waals surface area contributed by atoms with Gasteiger partial charge in [-0.15, -0.1) is 0 Å². The lowest BCUT2D eigenvalue weighted by molar-refractivity contribution is 0.102. The van der Waals surface area contributed by atoms with Crippen LogP contribution in [0.15, 0.2) is 36.5 Å². The van der Waals surface area contributed by atoms with Gasteiger partial charge in [-0.1, -0.05) is 12.1 Å². The van der Waals surface area contributed by atoms with Crippen LogP contribution in [0.3, 0.4) is 0 Å². The summed E-state index contributed by atoms with van der Waals surface area (Å²) in [6, 6.07) is 9.57. The molecule has 2 aromatic rings. The summed E-state index contributed by atoms with van der Waals surface area (Å²) >= 11 is 0. The van der Waals surface area contributed by atoms with Gasteiger partial charge < -0.3 is 15.0 Å². The predicted octanol–water partition coefficient (Wildman–Crippen LogP) is 3.15. The van der Waals surface area contributed by atoms with Gasteiger partial charge in [0.1, 0.15) is 6.61 Å². The number of ether oxygens (including phenoxy) is 1. The quantitative estimate of drug-likeness (QED) is 0.878. The molecule has 1 aromatic heterocycles. The van der Waals surface area contributed by atoms with Gasteiger partial charge >= 0.3 is 0 Å². The summed E-state index contributed by atoms with van der Waals surface area (Å²) in [6.45, 7) is 1.37. The first-order valence-corrected chi connectivity index (χ1v) is 8.79. The zero-order valence-corrected chi connectivity index (χ0v) is 14.9. The minimum Gasteiger partial charge on any atom is -0.476 e. The summed E-state index contributed by atoms with van der Waals surface area (Å²) in [6.07, 6.45) is 6.05. The summed E-state index contributed by atoms with van der Waals surface area (Å²) < 4.78 is 5.63. The van der Waals surface area contributed by atoms with E-state index in [1.54, 1.807) is 18.3 Å².